The lowest BCUT2D eigenvalue weighted by molar-refractivity contribution is -0.139. The first-order chi connectivity index (χ1) is 19.0. The van der Waals surface area contributed by atoms with Crippen LogP contribution in [0.4, 0.5) is 27.6 Å². The van der Waals surface area contributed by atoms with Crippen LogP contribution in [0.5, 0.6) is 5.88 Å². The molecule has 3 unspecified atom stereocenters. The first-order valence-corrected chi connectivity index (χ1v) is 13.0. The molecule has 0 amide bonds. The van der Waals surface area contributed by atoms with Crippen LogP contribution in [0.3, 0.4) is 0 Å². The van der Waals surface area contributed by atoms with Crippen molar-refractivity contribution in [2.75, 3.05) is 31.1 Å². The molecule has 4 aliphatic rings. The number of alkyl halides is 3. The van der Waals surface area contributed by atoms with E-state index in [1.54, 1.807) is 18.3 Å². The first-order valence-electron chi connectivity index (χ1n) is 13.0. The average molecular weight is 558 g/mol. The van der Waals surface area contributed by atoms with Crippen molar-refractivity contribution < 1.29 is 36.6 Å². The number of nitrogens with zero attached hydrogens (tertiary/aromatic N) is 2. The van der Waals surface area contributed by atoms with Gasteiger partial charge in [0.15, 0.2) is 0 Å². The topological polar surface area (TPSA) is 74.7 Å². The molecular formula is C29H24F5N3O3. The van der Waals surface area contributed by atoms with Gasteiger partial charge < -0.3 is 20.1 Å². The number of halogens is 5. The number of ether oxygens (including phenoxy) is 1. The van der Waals surface area contributed by atoms with Crippen molar-refractivity contribution in [1.29, 1.82) is 0 Å². The third-order valence-corrected chi connectivity index (χ3v) is 8.80. The number of pyridine rings is 1. The molecule has 2 saturated heterocycles. The highest BCUT2D eigenvalue weighted by Crippen LogP contribution is 2.61. The Morgan fingerprint density at radius 2 is 1.88 bits per heavy atom. The van der Waals surface area contributed by atoms with Crippen molar-refractivity contribution in [3.63, 3.8) is 0 Å². The van der Waals surface area contributed by atoms with Crippen LogP contribution in [0.2, 0.25) is 0 Å². The molecule has 3 atom stereocenters. The Balaban J connectivity index is 1.13. The largest absolute Gasteiger partial charge is 0.481 e. The molecule has 2 aliphatic carbocycles. The van der Waals surface area contributed by atoms with Crippen LogP contribution in [0.15, 0.2) is 42.6 Å². The Hall–Kier alpha value is -3.73. The van der Waals surface area contributed by atoms with Gasteiger partial charge in [-0.15, -0.1) is 0 Å². The minimum absolute atomic E-state index is 0.0261. The zero-order valence-electron chi connectivity index (χ0n) is 21.1. The van der Waals surface area contributed by atoms with E-state index in [1.807, 2.05) is 4.90 Å². The molecule has 3 aromatic rings. The Labute approximate surface area is 225 Å². The predicted molar refractivity (Wildman–Crippen MR) is 134 cm³/mol. The van der Waals surface area contributed by atoms with E-state index in [-0.39, 0.29) is 34.3 Å². The van der Waals surface area contributed by atoms with Gasteiger partial charge in [0.2, 0.25) is 5.88 Å². The molecule has 0 bridgehead atoms. The number of fused-ring (bicyclic) bond motifs is 3. The number of carbonyl (C=O) groups is 1. The van der Waals surface area contributed by atoms with E-state index >= 15 is 4.39 Å². The summed E-state index contributed by atoms with van der Waals surface area (Å²) in [4.78, 5) is 17.5. The maximum atomic E-state index is 15.3. The summed E-state index contributed by atoms with van der Waals surface area (Å²) < 4.78 is 77.4. The summed E-state index contributed by atoms with van der Waals surface area (Å²) in [7, 11) is 0. The molecule has 1 aromatic heterocycles. The Kier molecular flexibility index (Phi) is 5.45. The minimum Gasteiger partial charge on any atom is -0.481 e. The summed E-state index contributed by atoms with van der Waals surface area (Å²) in [5.74, 6) is -3.08. The van der Waals surface area contributed by atoms with E-state index in [9.17, 15) is 27.5 Å². The molecule has 0 radical (unpaired) electrons. The lowest BCUT2D eigenvalue weighted by atomic mass is 9.74. The van der Waals surface area contributed by atoms with Crippen LogP contribution in [0, 0.1) is 28.9 Å². The van der Waals surface area contributed by atoms with Crippen molar-refractivity contribution >= 4 is 11.7 Å². The van der Waals surface area contributed by atoms with Crippen LogP contribution in [-0.2, 0) is 24.0 Å². The van der Waals surface area contributed by atoms with E-state index in [0.29, 0.717) is 18.2 Å². The van der Waals surface area contributed by atoms with E-state index in [1.165, 1.54) is 12.1 Å². The molecule has 11 heteroatoms. The third-order valence-electron chi connectivity index (χ3n) is 8.80. The summed E-state index contributed by atoms with van der Waals surface area (Å²) in [6.45, 7) is 2.88. The van der Waals surface area contributed by atoms with Gasteiger partial charge in [-0.3, -0.25) is 4.79 Å². The van der Waals surface area contributed by atoms with Gasteiger partial charge in [0.1, 0.15) is 18.2 Å². The van der Waals surface area contributed by atoms with Crippen molar-refractivity contribution in [3.05, 3.63) is 76.5 Å². The second-order valence-corrected chi connectivity index (χ2v) is 11.4. The fourth-order valence-corrected chi connectivity index (χ4v) is 6.59. The maximum Gasteiger partial charge on any atom is 0.417 e. The van der Waals surface area contributed by atoms with Gasteiger partial charge in [0.25, 0.3) is 0 Å². The molecule has 40 heavy (non-hydrogen) atoms. The molecule has 7 rings (SSSR count). The number of rotatable bonds is 6. The van der Waals surface area contributed by atoms with Crippen LogP contribution < -0.4 is 15.0 Å². The highest BCUT2D eigenvalue weighted by atomic mass is 19.4. The highest BCUT2D eigenvalue weighted by molar-refractivity contribution is 5.78. The lowest BCUT2D eigenvalue weighted by Crippen LogP contribution is -2.71. The Morgan fingerprint density at radius 1 is 1.10 bits per heavy atom. The normalized spacial score (nSPS) is 23.7. The van der Waals surface area contributed by atoms with E-state index < -0.39 is 47.4 Å². The van der Waals surface area contributed by atoms with Crippen molar-refractivity contribution in [3.8, 4) is 17.0 Å². The fourth-order valence-electron chi connectivity index (χ4n) is 6.59. The smallest absolute Gasteiger partial charge is 0.417 e. The summed E-state index contributed by atoms with van der Waals surface area (Å²) in [6.07, 6.45) is -2.79. The SMILES string of the molecule is O=C(O)C1C2Cc3cc(OCc4cc(-c5ccc(N6CC7(CNC7)C6)cc5F)c(C(F)(F)F)cc4F)ncc3C21. The Morgan fingerprint density at radius 3 is 2.52 bits per heavy atom. The van der Waals surface area contributed by atoms with E-state index in [4.69, 9.17) is 4.74 Å². The molecule has 2 aromatic carbocycles. The predicted octanol–water partition coefficient (Wildman–Crippen LogP) is 5.00. The van der Waals surface area contributed by atoms with Crippen molar-refractivity contribution in [1.82, 2.24) is 10.3 Å². The van der Waals surface area contributed by atoms with Gasteiger partial charge in [-0.25, -0.2) is 13.8 Å². The molecule has 6 nitrogen and oxygen atoms in total. The number of nitrogens with one attached hydrogen (secondary N) is 1. The molecule has 2 N–H and O–H groups in total. The van der Waals surface area contributed by atoms with Crippen molar-refractivity contribution in [2.45, 2.75) is 25.1 Å². The van der Waals surface area contributed by atoms with Gasteiger partial charge >= 0.3 is 12.1 Å². The molecule has 2 aliphatic heterocycles. The second kappa shape index (κ2) is 8.63. The molecule has 1 spiro atoms. The minimum atomic E-state index is -4.90. The van der Waals surface area contributed by atoms with Crippen LogP contribution in [0.1, 0.15) is 28.2 Å². The summed E-state index contributed by atoms with van der Waals surface area (Å²) in [5, 5.41) is 12.5. The summed E-state index contributed by atoms with van der Waals surface area (Å²) in [5.41, 5.74) is 0.338. The van der Waals surface area contributed by atoms with Gasteiger partial charge in [-0.1, -0.05) is 0 Å². The number of aromatic nitrogens is 1. The number of carboxylic acid groups (broad SMARTS) is 1. The molecular weight excluding hydrogens is 533 g/mol. The van der Waals surface area contributed by atoms with E-state index in [2.05, 4.69) is 10.3 Å². The number of benzene rings is 2. The molecule has 3 heterocycles. The quantitative estimate of drug-likeness (QED) is 0.416. The number of carboxylic acids is 1. The number of hydrogen-bond acceptors (Lipinski definition) is 5. The first kappa shape index (κ1) is 25.3. The summed E-state index contributed by atoms with van der Waals surface area (Å²) >= 11 is 0. The molecule has 1 saturated carbocycles. The van der Waals surface area contributed by atoms with Crippen LogP contribution in [-0.4, -0.2) is 42.2 Å². The van der Waals surface area contributed by atoms with Gasteiger partial charge in [0, 0.05) is 66.6 Å². The third kappa shape index (κ3) is 4.01. The summed E-state index contributed by atoms with van der Waals surface area (Å²) in [6, 6.07) is 7.13. The van der Waals surface area contributed by atoms with Crippen LogP contribution in [0.25, 0.3) is 11.1 Å². The molecule has 208 valence electrons. The second-order valence-electron chi connectivity index (χ2n) is 11.4. The zero-order chi connectivity index (χ0) is 28.0. The van der Waals surface area contributed by atoms with Gasteiger partial charge in [-0.2, -0.15) is 13.2 Å². The van der Waals surface area contributed by atoms with Crippen LogP contribution >= 0.6 is 0 Å². The zero-order valence-corrected chi connectivity index (χ0v) is 21.1. The lowest BCUT2D eigenvalue weighted by Gasteiger charge is -2.57. The average Bonchev–Trinajstić information content (AvgIpc) is 3.43. The highest BCUT2D eigenvalue weighted by Gasteiger charge is 2.60. The Bertz CT molecular complexity index is 1550. The number of aliphatic carboxylic acids is 1. The maximum absolute atomic E-state index is 15.3. The monoisotopic (exact) mass is 557 g/mol. The van der Waals surface area contributed by atoms with E-state index in [0.717, 1.165) is 43.4 Å². The standard InChI is InChI=1S/C29H24F5N3O3/c30-22-7-21(29(32,33)34)18(17-2-1-16(6-23(17)31)37-12-28(13-37)10-35-11-28)4-15(22)9-40-24-5-14-3-19-25(20(14)8-36-24)26(19)27(38)39/h1-2,4-8,19,25-26,35H,3,9-13H2,(H,38,39). The number of anilines is 1. The fraction of sp³-hybridized carbons (Fsp3) is 0.379. The molecule has 3 fully saturated rings. The van der Waals surface area contributed by atoms with Gasteiger partial charge in [0.05, 0.1) is 11.5 Å². The van der Waals surface area contributed by atoms with Crippen molar-refractivity contribution in [2.24, 2.45) is 17.3 Å². The van der Waals surface area contributed by atoms with Gasteiger partial charge in [-0.05, 0) is 59.4 Å². The number of hydrogen-bond donors (Lipinski definition) is 2.